The molecule has 2 N–H and O–H groups in total. The molecule has 0 fully saturated rings. The maximum Gasteiger partial charge on any atom is 0.697 e. The Labute approximate surface area is 332 Å². The SMILES string of the molecule is O=[P+](OCCCNCc1ccc(C#CCCCc2ccccc2)c2cccnc12)OCCCNCc1ccc(C#CCCCc2ccccc2)c2cccnc12. The highest BCUT2D eigenvalue weighted by atomic mass is 31.1. The number of benzene rings is 4. The minimum absolute atomic E-state index is 0.354. The second-order valence-electron chi connectivity index (χ2n) is 13.6. The number of hydrogen-bond acceptors (Lipinski definition) is 7. The molecule has 0 saturated heterocycles. The lowest BCUT2D eigenvalue weighted by Gasteiger charge is -2.09. The molecule has 6 aromatic rings. The summed E-state index contributed by atoms with van der Waals surface area (Å²) in [5, 5.41) is 9.07. The van der Waals surface area contributed by atoms with Crippen LogP contribution < -0.4 is 10.6 Å². The number of nitrogens with zero attached hydrogens (tertiary/aromatic N) is 2. The monoisotopic (exact) mass is 761 g/mol. The van der Waals surface area contributed by atoms with Gasteiger partial charge in [-0.25, -0.2) is 0 Å². The third kappa shape index (κ3) is 12.9. The van der Waals surface area contributed by atoms with Crippen molar-refractivity contribution in [2.24, 2.45) is 0 Å². The molecule has 284 valence electrons. The van der Waals surface area contributed by atoms with E-state index >= 15 is 0 Å². The van der Waals surface area contributed by atoms with E-state index in [0.717, 1.165) is 95.7 Å². The van der Waals surface area contributed by atoms with Crippen molar-refractivity contribution in [2.45, 2.75) is 64.5 Å². The lowest BCUT2D eigenvalue weighted by atomic mass is 10.0. The van der Waals surface area contributed by atoms with E-state index in [1.165, 1.54) is 11.1 Å². The van der Waals surface area contributed by atoms with Crippen LogP contribution in [0.2, 0.25) is 0 Å². The molecule has 0 aliphatic heterocycles. The van der Waals surface area contributed by atoms with Crippen molar-refractivity contribution in [3.8, 4) is 23.7 Å². The normalized spacial score (nSPS) is 10.9. The quantitative estimate of drug-likeness (QED) is 0.0455. The van der Waals surface area contributed by atoms with Crippen LogP contribution in [-0.2, 0) is 39.5 Å². The van der Waals surface area contributed by atoms with Gasteiger partial charge in [-0.05, 0) is 98.1 Å². The highest BCUT2D eigenvalue weighted by molar-refractivity contribution is 7.33. The van der Waals surface area contributed by atoms with Gasteiger partial charge in [0.2, 0.25) is 0 Å². The number of aryl methyl sites for hydroxylation is 2. The first-order chi connectivity index (χ1) is 27.7. The van der Waals surface area contributed by atoms with E-state index < -0.39 is 8.25 Å². The van der Waals surface area contributed by atoms with Crippen LogP contribution in [0.1, 0.15) is 71.9 Å². The van der Waals surface area contributed by atoms with Crippen molar-refractivity contribution in [1.29, 1.82) is 0 Å². The van der Waals surface area contributed by atoms with Gasteiger partial charge in [0.25, 0.3) is 0 Å². The minimum atomic E-state index is -2.16. The highest BCUT2D eigenvalue weighted by Crippen LogP contribution is 2.24. The van der Waals surface area contributed by atoms with Crippen molar-refractivity contribution < 1.29 is 13.6 Å². The van der Waals surface area contributed by atoms with Gasteiger partial charge in [0, 0.05) is 64.8 Å². The molecule has 2 heterocycles. The first-order valence-corrected chi connectivity index (χ1v) is 20.8. The second kappa shape index (κ2) is 23.0. The predicted octanol–water partition coefficient (Wildman–Crippen LogP) is 9.88. The Hall–Kier alpha value is -5.24. The molecule has 0 radical (unpaired) electrons. The molecule has 7 nitrogen and oxygen atoms in total. The van der Waals surface area contributed by atoms with Crippen molar-refractivity contribution in [1.82, 2.24) is 20.6 Å². The van der Waals surface area contributed by atoms with Crippen LogP contribution in [0.5, 0.6) is 0 Å². The van der Waals surface area contributed by atoms with Crippen LogP contribution in [0, 0.1) is 23.7 Å². The molecule has 6 rings (SSSR count). The summed E-state index contributed by atoms with van der Waals surface area (Å²) < 4.78 is 23.2. The minimum Gasteiger partial charge on any atom is -0.313 e. The largest absolute Gasteiger partial charge is 0.697 e. The number of unbranched alkanes of at least 4 members (excludes halogenated alkanes) is 2. The first-order valence-electron chi connectivity index (χ1n) is 19.7. The number of nitrogens with one attached hydrogen (secondary N) is 2. The van der Waals surface area contributed by atoms with Crippen molar-refractivity contribution >= 4 is 30.1 Å². The number of fused-ring (bicyclic) bond motifs is 2. The maximum absolute atomic E-state index is 12.3. The fraction of sp³-hybridized carbons (Fsp3) is 0.292. The smallest absolute Gasteiger partial charge is 0.313 e. The molecule has 8 heteroatoms. The zero-order chi connectivity index (χ0) is 38.5. The molecular formula is C48H50N4O3P+. The molecule has 0 amide bonds. The second-order valence-corrected chi connectivity index (χ2v) is 14.5. The van der Waals surface area contributed by atoms with E-state index in [9.17, 15) is 4.57 Å². The van der Waals surface area contributed by atoms with Crippen LogP contribution in [0.15, 0.2) is 122 Å². The summed E-state index contributed by atoms with van der Waals surface area (Å²) in [7, 11) is -2.16. The average molecular weight is 762 g/mol. The van der Waals surface area contributed by atoms with Gasteiger partial charge < -0.3 is 10.6 Å². The molecular weight excluding hydrogens is 712 g/mol. The number of aromatic nitrogens is 2. The number of hydrogen-bond donors (Lipinski definition) is 2. The summed E-state index contributed by atoms with van der Waals surface area (Å²) in [5.74, 6) is 13.4. The van der Waals surface area contributed by atoms with E-state index in [2.05, 4.69) is 129 Å². The van der Waals surface area contributed by atoms with Crippen LogP contribution in [0.4, 0.5) is 0 Å². The molecule has 0 aliphatic carbocycles. The Morgan fingerprint density at radius 1 is 0.536 bits per heavy atom. The molecule has 0 bridgehead atoms. The summed E-state index contributed by atoms with van der Waals surface area (Å²) in [6, 6.07) is 37.6. The van der Waals surface area contributed by atoms with E-state index in [4.69, 9.17) is 9.05 Å². The predicted molar refractivity (Wildman–Crippen MR) is 228 cm³/mol. The Morgan fingerprint density at radius 3 is 1.46 bits per heavy atom. The van der Waals surface area contributed by atoms with Gasteiger partial charge in [0.1, 0.15) is 13.2 Å². The van der Waals surface area contributed by atoms with Crippen molar-refractivity contribution in [3.63, 3.8) is 0 Å². The van der Waals surface area contributed by atoms with E-state index in [0.29, 0.717) is 39.1 Å². The summed E-state index contributed by atoms with van der Waals surface area (Å²) >= 11 is 0. The zero-order valence-corrected chi connectivity index (χ0v) is 32.9. The molecule has 0 saturated carbocycles. The van der Waals surface area contributed by atoms with Gasteiger partial charge in [-0.3, -0.25) is 9.97 Å². The summed E-state index contributed by atoms with van der Waals surface area (Å²) in [4.78, 5) is 9.33. The van der Waals surface area contributed by atoms with Crippen molar-refractivity contribution in [3.05, 3.63) is 155 Å². The molecule has 4 aromatic carbocycles. The van der Waals surface area contributed by atoms with Gasteiger partial charge in [0.05, 0.1) is 11.0 Å². The van der Waals surface area contributed by atoms with Crippen molar-refractivity contribution in [2.75, 3.05) is 26.3 Å². The Balaban J connectivity index is 0.833. The van der Waals surface area contributed by atoms with Gasteiger partial charge >= 0.3 is 8.25 Å². The average Bonchev–Trinajstić information content (AvgIpc) is 3.24. The third-order valence-corrected chi connectivity index (χ3v) is 10.2. The van der Waals surface area contributed by atoms with Crippen LogP contribution >= 0.6 is 8.25 Å². The number of pyridine rings is 2. The number of rotatable bonds is 20. The molecule has 0 atom stereocenters. The molecule has 56 heavy (non-hydrogen) atoms. The lowest BCUT2D eigenvalue weighted by Crippen LogP contribution is -2.17. The topological polar surface area (TPSA) is 85.4 Å². The van der Waals surface area contributed by atoms with E-state index in [1.54, 1.807) is 0 Å². The van der Waals surface area contributed by atoms with Gasteiger partial charge in [-0.2, -0.15) is 0 Å². The summed E-state index contributed by atoms with van der Waals surface area (Å²) in [6.45, 7) is 3.49. The van der Waals surface area contributed by atoms with Crippen LogP contribution in [0.3, 0.4) is 0 Å². The molecule has 0 aliphatic rings. The van der Waals surface area contributed by atoms with Gasteiger partial charge in [-0.1, -0.05) is 109 Å². The standard InChI is InChI=1S/C48H50N4O3P/c53-56(54-35-15-31-49-37-43-29-27-41(45-25-13-33-51-47(43)45)23-11-3-9-21-39-17-5-1-6-18-39)55-36-16-32-50-38-44-30-28-42(46-26-14-34-52-48(44)46)24-12-4-10-22-40-19-7-2-8-20-40/h1-2,5-8,13-14,17-20,25-30,33-34,49-50H,3-4,9-10,15-16,21-22,31-32,35-38H2/q+1. The highest BCUT2D eigenvalue weighted by Gasteiger charge is 2.19. The fourth-order valence-electron chi connectivity index (χ4n) is 6.49. The van der Waals surface area contributed by atoms with E-state index in [1.807, 2.05) is 36.7 Å². The fourth-order valence-corrected chi connectivity index (χ4v) is 7.12. The Morgan fingerprint density at radius 2 is 1.00 bits per heavy atom. The zero-order valence-electron chi connectivity index (χ0n) is 32.0. The van der Waals surface area contributed by atoms with Crippen LogP contribution in [-0.4, -0.2) is 36.3 Å². The van der Waals surface area contributed by atoms with Gasteiger partial charge in [-0.15, -0.1) is 9.05 Å². The molecule has 0 unspecified atom stereocenters. The first kappa shape index (κ1) is 40.4. The lowest BCUT2D eigenvalue weighted by molar-refractivity contribution is 0.220. The molecule has 0 spiro atoms. The third-order valence-electron chi connectivity index (χ3n) is 9.39. The molecule has 2 aromatic heterocycles. The van der Waals surface area contributed by atoms with E-state index in [-0.39, 0.29) is 0 Å². The summed E-state index contributed by atoms with van der Waals surface area (Å²) in [6.07, 6.45) is 10.9. The van der Waals surface area contributed by atoms with Gasteiger partial charge in [0.15, 0.2) is 0 Å². The Kier molecular flexibility index (Phi) is 16.6. The Bertz CT molecular complexity index is 2120. The van der Waals surface area contributed by atoms with Crippen LogP contribution in [0.25, 0.3) is 21.8 Å². The maximum atomic E-state index is 12.3. The summed E-state index contributed by atoms with van der Waals surface area (Å²) in [5.41, 5.74) is 8.89.